The van der Waals surface area contributed by atoms with Gasteiger partial charge in [0.1, 0.15) is 6.33 Å². The topological polar surface area (TPSA) is 80.4 Å². The van der Waals surface area contributed by atoms with Gasteiger partial charge in [-0.3, -0.25) is 0 Å². The van der Waals surface area contributed by atoms with Crippen molar-refractivity contribution >= 4 is 11.7 Å². The van der Waals surface area contributed by atoms with Crippen molar-refractivity contribution in [2.75, 3.05) is 0 Å². The van der Waals surface area contributed by atoms with E-state index in [0.29, 0.717) is 11.7 Å². The van der Waals surface area contributed by atoms with Gasteiger partial charge in [-0.2, -0.15) is 10.1 Å². The fraction of sp³-hybridized carbons (Fsp3) is 0.500. The Hall–Kier alpha value is -1.98. The molecule has 1 saturated carbocycles. The second-order valence-corrected chi connectivity index (χ2v) is 4.68. The summed E-state index contributed by atoms with van der Waals surface area (Å²) in [6.45, 7) is 0. The average Bonchev–Trinajstić information content (AvgIpc) is 2.86. The highest BCUT2D eigenvalue weighted by Crippen LogP contribution is 2.32. The Kier molecular flexibility index (Phi) is 2.70. The number of rotatable bonds is 2. The minimum absolute atomic E-state index is 0.0519. The number of fused-ring (bicyclic) bond motifs is 1. The maximum absolute atomic E-state index is 11.1. The molecule has 2 heterocycles. The number of hydrogen-bond acceptors (Lipinski definition) is 4. The fourth-order valence-corrected chi connectivity index (χ4v) is 2.63. The zero-order chi connectivity index (χ0) is 12.5. The molecule has 0 aromatic carbocycles. The van der Waals surface area contributed by atoms with E-state index in [1.807, 2.05) is 0 Å². The molecule has 0 radical (unpaired) electrons. The predicted octanol–water partition coefficient (Wildman–Crippen LogP) is 1.87. The largest absolute Gasteiger partial charge is 0.477 e. The molecule has 6 nitrogen and oxygen atoms in total. The highest BCUT2D eigenvalue weighted by Gasteiger charge is 2.21. The van der Waals surface area contributed by atoms with Crippen LogP contribution in [0.2, 0.25) is 0 Å². The Morgan fingerprint density at radius 2 is 2.11 bits per heavy atom. The van der Waals surface area contributed by atoms with Crippen LogP contribution < -0.4 is 0 Å². The van der Waals surface area contributed by atoms with E-state index < -0.39 is 5.97 Å². The number of hydrogen-bond donors (Lipinski definition) is 1. The lowest BCUT2D eigenvalue weighted by molar-refractivity contribution is 0.0690. The van der Waals surface area contributed by atoms with Gasteiger partial charge in [0.2, 0.25) is 0 Å². The average molecular weight is 246 g/mol. The first-order valence-corrected chi connectivity index (χ1v) is 6.19. The maximum atomic E-state index is 11.1. The van der Waals surface area contributed by atoms with Gasteiger partial charge in [-0.15, -0.1) is 0 Å². The summed E-state index contributed by atoms with van der Waals surface area (Å²) in [7, 11) is 0. The zero-order valence-corrected chi connectivity index (χ0v) is 9.91. The van der Waals surface area contributed by atoms with Crippen molar-refractivity contribution in [2.45, 2.75) is 38.0 Å². The lowest BCUT2D eigenvalue weighted by Gasteiger charge is -2.22. The van der Waals surface area contributed by atoms with Crippen LogP contribution in [-0.4, -0.2) is 30.7 Å². The third kappa shape index (κ3) is 1.83. The molecule has 3 rings (SSSR count). The van der Waals surface area contributed by atoms with Crippen molar-refractivity contribution in [1.82, 2.24) is 19.6 Å². The summed E-state index contributed by atoms with van der Waals surface area (Å²) in [6.07, 6.45) is 7.21. The van der Waals surface area contributed by atoms with E-state index >= 15 is 0 Å². The minimum atomic E-state index is -1.02. The summed E-state index contributed by atoms with van der Waals surface area (Å²) in [6, 6.07) is 1.64. The summed E-state index contributed by atoms with van der Waals surface area (Å²) >= 11 is 0. The third-order valence-corrected chi connectivity index (χ3v) is 3.52. The Balaban J connectivity index is 2.12. The highest BCUT2D eigenvalue weighted by molar-refractivity contribution is 5.85. The summed E-state index contributed by atoms with van der Waals surface area (Å²) in [5.41, 5.74) is 0.977. The first kappa shape index (κ1) is 11.1. The van der Waals surface area contributed by atoms with Gasteiger partial charge in [0.15, 0.2) is 5.69 Å². The Bertz CT molecular complexity index is 587. The second kappa shape index (κ2) is 4.36. The third-order valence-electron chi connectivity index (χ3n) is 3.52. The monoisotopic (exact) mass is 246 g/mol. The first-order valence-electron chi connectivity index (χ1n) is 6.19. The van der Waals surface area contributed by atoms with Gasteiger partial charge in [-0.05, 0) is 18.9 Å². The molecule has 1 aliphatic rings. The number of nitrogens with zero attached hydrogens (tertiary/aromatic N) is 4. The molecule has 94 valence electrons. The lowest BCUT2D eigenvalue weighted by Crippen LogP contribution is -2.13. The van der Waals surface area contributed by atoms with Gasteiger partial charge in [0.25, 0.3) is 5.78 Å². The summed E-state index contributed by atoms with van der Waals surface area (Å²) < 4.78 is 1.67. The van der Waals surface area contributed by atoms with Crippen LogP contribution in [0.1, 0.15) is 54.2 Å². The van der Waals surface area contributed by atoms with Gasteiger partial charge in [-0.25, -0.2) is 14.3 Å². The number of carbonyl (C=O) groups is 1. The summed E-state index contributed by atoms with van der Waals surface area (Å²) in [5.74, 6) is -0.280. The lowest BCUT2D eigenvalue weighted by atomic mass is 9.86. The van der Waals surface area contributed by atoms with E-state index in [0.717, 1.165) is 18.5 Å². The molecule has 0 amide bonds. The van der Waals surface area contributed by atoms with Crippen molar-refractivity contribution in [3.05, 3.63) is 23.8 Å². The maximum Gasteiger partial charge on any atom is 0.354 e. The van der Waals surface area contributed by atoms with Crippen LogP contribution in [0.15, 0.2) is 12.4 Å². The van der Waals surface area contributed by atoms with Gasteiger partial charge in [0.05, 0.1) is 5.69 Å². The predicted molar refractivity (Wildman–Crippen MR) is 63.6 cm³/mol. The molecule has 18 heavy (non-hydrogen) atoms. The molecule has 2 aromatic heterocycles. The standard InChI is InChI=1S/C12H14N4O2/c17-11(18)9-6-10(8-4-2-1-3-5-8)16-12(15-9)13-7-14-16/h6-8H,1-5H2,(H,17,18). The molecule has 0 atom stereocenters. The summed E-state index contributed by atoms with van der Waals surface area (Å²) in [5, 5.41) is 13.2. The van der Waals surface area contributed by atoms with E-state index in [2.05, 4.69) is 15.1 Å². The SMILES string of the molecule is O=C(O)c1cc(C2CCCCC2)n2ncnc2n1. The van der Waals surface area contributed by atoms with Crippen molar-refractivity contribution in [2.24, 2.45) is 0 Å². The number of carboxylic acid groups (broad SMARTS) is 1. The van der Waals surface area contributed by atoms with Crippen molar-refractivity contribution in [1.29, 1.82) is 0 Å². The van der Waals surface area contributed by atoms with E-state index in [-0.39, 0.29) is 5.69 Å². The molecule has 1 aliphatic carbocycles. The van der Waals surface area contributed by atoms with Crippen molar-refractivity contribution in [3.8, 4) is 0 Å². The normalized spacial score (nSPS) is 17.1. The Labute approximate surface area is 104 Å². The molecule has 2 aromatic rings. The first-order chi connectivity index (χ1) is 8.75. The van der Waals surface area contributed by atoms with E-state index in [4.69, 9.17) is 5.11 Å². The van der Waals surface area contributed by atoms with E-state index in [1.165, 1.54) is 25.6 Å². The molecule has 0 aliphatic heterocycles. The fourth-order valence-electron chi connectivity index (χ4n) is 2.63. The second-order valence-electron chi connectivity index (χ2n) is 4.68. The van der Waals surface area contributed by atoms with Crippen LogP contribution in [0.5, 0.6) is 0 Å². The van der Waals surface area contributed by atoms with Gasteiger partial charge in [-0.1, -0.05) is 19.3 Å². The number of aromatic nitrogens is 4. The molecule has 0 spiro atoms. The van der Waals surface area contributed by atoms with Crippen molar-refractivity contribution < 1.29 is 9.90 Å². The van der Waals surface area contributed by atoms with Gasteiger partial charge >= 0.3 is 5.97 Å². The smallest absolute Gasteiger partial charge is 0.354 e. The molecular weight excluding hydrogens is 232 g/mol. The van der Waals surface area contributed by atoms with Crippen LogP contribution in [0.25, 0.3) is 5.78 Å². The van der Waals surface area contributed by atoms with Gasteiger partial charge in [0, 0.05) is 5.92 Å². The minimum Gasteiger partial charge on any atom is -0.477 e. The quantitative estimate of drug-likeness (QED) is 0.874. The van der Waals surface area contributed by atoms with Crippen LogP contribution in [0, 0.1) is 0 Å². The highest BCUT2D eigenvalue weighted by atomic mass is 16.4. The summed E-state index contributed by atoms with van der Waals surface area (Å²) in [4.78, 5) is 19.1. The number of carboxylic acids is 1. The van der Waals surface area contributed by atoms with Crippen molar-refractivity contribution in [3.63, 3.8) is 0 Å². The molecule has 1 N–H and O–H groups in total. The molecule has 1 fully saturated rings. The zero-order valence-electron chi connectivity index (χ0n) is 9.91. The van der Waals surface area contributed by atoms with E-state index in [1.54, 1.807) is 10.6 Å². The Morgan fingerprint density at radius 1 is 1.33 bits per heavy atom. The van der Waals surface area contributed by atoms with Crippen LogP contribution >= 0.6 is 0 Å². The van der Waals surface area contributed by atoms with Crippen LogP contribution in [0.3, 0.4) is 0 Å². The molecular formula is C12H14N4O2. The number of aromatic carboxylic acids is 1. The molecule has 0 saturated heterocycles. The molecule has 6 heteroatoms. The van der Waals surface area contributed by atoms with Crippen LogP contribution in [0.4, 0.5) is 0 Å². The molecule has 0 bridgehead atoms. The van der Waals surface area contributed by atoms with E-state index in [9.17, 15) is 4.79 Å². The van der Waals surface area contributed by atoms with Gasteiger partial charge < -0.3 is 5.11 Å². The molecule has 0 unspecified atom stereocenters. The van der Waals surface area contributed by atoms with Crippen LogP contribution in [-0.2, 0) is 0 Å². The Morgan fingerprint density at radius 3 is 2.83 bits per heavy atom.